The average molecular weight is 705 g/mol. The Morgan fingerprint density at radius 3 is 1.80 bits per heavy atom. The third-order valence-corrected chi connectivity index (χ3v) is 9.42. The van der Waals surface area contributed by atoms with E-state index in [9.17, 15) is 0 Å². The van der Waals surface area contributed by atoms with Gasteiger partial charge >= 0.3 is 0 Å². The van der Waals surface area contributed by atoms with Crippen LogP contribution >= 0.6 is 0 Å². The summed E-state index contributed by atoms with van der Waals surface area (Å²) in [6.45, 7) is 6.87. The molecule has 0 fully saturated rings. The molecule has 5 nitrogen and oxygen atoms in total. The summed E-state index contributed by atoms with van der Waals surface area (Å²) in [7, 11) is 0. The van der Waals surface area contributed by atoms with Gasteiger partial charge in [0.25, 0.3) is 0 Å². The summed E-state index contributed by atoms with van der Waals surface area (Å²) in [6, 6.07) is 59.0. The molecule has 5 heteroatoms. The van der Waals surface area contributed by atoms with E-state index in [1.54, 1.807) is 0 Å². The Balaban J connectivity index is 0.000000176. The van der Waals surface area contributed by atoms with E-state index >= 15 is 0 Å². The van der Waals surface area contributed by atoms with Gasteiger partial charge in [-0.3, -0.25) is 4.98 Å². The Hall–Kier alpha value is -6.69. The maximum absolute atomic E-state index is 5.78. The first-order chi connectivity index (χ1) is 26.5. The van der Waals surface area contributed by atoms with Crippen LogP contribution in [-0.2, 0) is 6.54 Å². The van der Waals surface area contributed by atoms with Crippen molar-refractivity contribution in [3.63, 3.8) is 0 Å². The van der Waals surface area contributed by atoms with Crippen LogP contribution in [0.5, 0.6) is 0 Å². The van der Waals surface area contributed by atoms with Crippen molar-refractivity contribution in [2.45, 2.75) is 27.3 Å². The number of aryl methyl sites for hydroxylation is 3. The van der Waals surface area contributed by atoms with Crippen molar-refractivity contribution >= 4 is 32.8 Å². The highest BCUT2D eigenvalue weighted by Gasteiger charge is 2.08. The predicted molar refractivity (Wildman–Crippen MR) is 226 cm³/mol. The molecule has 0 spiro atoms. The fraction of sp³-hybridized carbons (Fsp3) is 0.0816. The minimum Gasteiger partial charge on any atom is -0.456 e. The lowest BCUT2D eigenvalue weighted by Crippen LogP contribution is -1.95. The third-order valence-electron chi connectivity index (χ3n) is 9.42. The SMILES string of the molecule is Cc1cccc2c1oc1ccccc12.Cc1ccccc1.Cc1ccccc1-c1ccc(-c2ccc3ncc(-c4ccc(CN)cc4)cc3c2)cc1.N=N. The van der Waals surface area contributed by atoms with E-state index < -0.39 is 0 Å². The molecule has 0 aliphatic carbocycles. The molecule has 54 heavy (non-hydrogen) atoms. The van der Waals surface area contributed by atoms with Gasteiger partial charge in [-0.15, -0.1) is 0 Å². The number of aromatic nitrogens is 1. The van der Waals surface area contributed by atoms with Crippen LogP contribution in [-0.4, -0.2) is 4.98 Å². The van der Waals surface area contributed by atoms with Crippen LogP contribution in [0.15, 0.2) is 180 Å². The Morgan fingerprint density at radius 1 is 0.519 bits per heavy atom. The monoisotopic (exact) mass is 704 g/mol. The van der Waals surface area contributed by atoms with Crippen molar-refractivity contribution in [3.8, 4) is 33.4 Å². The summed E-state index contributed by atoms with van der Waals surface area (Å²) in [5.41, 5.74) is 30.8. The van der Waals surface area contributed by atoms with Gasteiger partial charge in [0.1, 0.15) is 11.2 Å². The number of nitrogens with two attached hydrogens (primary N) is 1. The van der Waals surface area contributed by atoms with Crippen molar-refractivity contribution in [2.75, 3.05) is 0 Å². The Labute approximate surface area is 317 Å². The summed E-state index contributed by atoms with van der Waals surface area (Å²) in [5, 5.41) is 3.55. The van der Waals surface area contributed by atoms with Crippen molar-refractivity contribution in [1.82, 2.24) is 4.98 Å². The molecule has 9 aromatic rings. The van der Waals surface area contributed by atoms with Crippen LogP contribution < -0.4 is 5.73 Å². The number of hydrogen-bond donors (Lipinski definition) is 3. The van der Waals surface area contributed by atoms with Gasteiger partial charge in [-0.05, 0) is 89.5 Å². The van der Waals surface area contributed by atoms with Crippen molar-refractivity contribution in [1.29, 1.82) is 11.1 Å². The number of nitrogens with zero attached hydrogens (tertiary/aromatic N) is 1. The predicted octanol–water partition coefficient (Wildman–Crippen LogP) is 13.5. The topological polar surface area (TPSA) is 99.8 Å². The molecular weight excluding hydrogens is 661 g/mol. The van der Waals surface area contributed by atoms with E-state index in [2.05, 4.69) is 159 Å². The van der Waals surface area contributed by atoms with Crippen LogP contribution in [0.3, 0.4) is 0 Å². The number of para-hydroxylation sites is 2. The van der Waals surface area contributed by atoms with E-state index in [1.807, 2.05) is 42.6 Å². The maximum atomic E-state index is 5.78. The van der Waals surface area contributed by atoms with Gasteiger partial charge in [-0.25, -0.2) is 11.1 Å². The summed E-state index contributed by atoms with van der Waals surface area (Å²) < 4.78 is 5.78. The third kappa shape index (κ3) is 8.67. The highest BCUT2D eigenvalue weighted by atomic mass is 16.3. The normalized spacial score (nSPS) is 10.4. The van der Waals surface area contributed by atoms with Crippen molar-refractivity contribution in [3.05, 3.63) is 198 Å². The van der Waals surface area contributed by atoms with Gasteiger partial charge in [0.2, 0.25) is 0 Å². The molecule has 4 N–H and O–H groups in total. The molecular formula is C49H44N4O. The second kappa shape index (κ2) is 17.7. The molecule has 0 aliphatic rings. The molecule has 0 atom stereocenters. The molecule has 0 amide bonds. The number of fused-ring (bicyclic) bond motifs is 4. The number of rotatable bonds is 4. The van der Waals surface area contributed by atoms with E-state index in [4.69, 9.17) is 21.2 Å². The van der Waals surface area contributed by atoms with E-state index in [0.717, 1.165) is 38.8 Å². The standard InChI is InChI=1S/C29H24N2.C13H10O.C7H8.H2N2/c1-20-4-2-3-5-28(20)24-12-10-22(11-13-24)25-14-15-29-26(16-25)17-27(19-31-29)23-8-6-21(18-30)7-9-23;1-9-5-4-7-11-10-6-2-3-8-12(10)14-13(9)11;1-7-5-3-2-4-6-7;1-2/h2-17,19H,18,30H2,1H3;2-8H,1H3;2-6H,1H3;1-2H. The minimum absolute atomic E-state index is 0.558. The number of benzene rings is 7. The zero-order chi connectivity index (χ0) is 37.9. The van der Waals surface area contributed by atoms with Crippen LogP contribution in [0.4, 0.5) is 0 Å². The van der Waals surface area contributed by atoms with Gasteiger partial charge in [0.05, 0.1) is 5.52 Å². The maximum Gasteiger partial charge on any atom is 0.138 e. The highest BCUT2D eigenvalue weighted by molar-refractivity contribution is 6.05. The molecule has 0 aliphatic heterocycles. The smallest absolute Gasteiger partial charge is 0.138 e. The zero-order valence-corrected chi connectivity index (χ0v) is 30.9. The van der Waals surface area contributed by atoms with Gasteiger partial charge in [0.15, 0.2) is 0 Å². The fourth-order valence-electron chi connectivity index (χ4n) is 6.46. The first-order valence-electron chi connectivity index (χ1n) is 18.0. The molecule has 2 aromatic heterocycles. The van der Waals surface area contributed by atoms with Gasteiger partial charge in [0, 0.05) is 34.5 Å². The Bertz CT molecular complexity index is 2590. The summed E-state index contributed by atoms with van der Waals surface area (Å²) in [5.74, 6) is 0. The molecule has 0 saturated heterocycles. The largest absolute Gasteiger partial charge is 0.456 e. The number of furan rings is 1. The van der Waals surface area contributed by atoms with Crippen LogP contribution in [0.25, 0.3) is 66.2 Å². The molecule has 0 radical (unpaired) electrons. The second-order valence-corrected chi connectivity index (χ2v) is 13.1. The molecule has 266 valence electrons. The van der Waals surface area contributed by atoms with Crippen LogP contribution in [0, 0.1) is 31.8 Å². The first-order valence-corrected chi connectivity index (χ1v) is 18.0. The number of pyridine rings is 1. The molecule has 0 unspecified atom stereocenters. The quantitative estimate of drug-likeness (QED) is 0.159. The molecule has 0 saturated carbocycles. The summed E-state index contributed by atoms with van der Waals surface area (Å²) in [4.78, 5) is 4.67. The second-order valence-electron chi connectivity index (χ2n) is 13.1. The average Bonchev–Trinajstić information content (AvgIpc) is 3.62. The molecule has 2 heterocycles. The summed E-state index contributed by atoms with van der Waals surface area (Å²) in [6.07, 6.45) is 1.94. The van der Waals surface area contributed by atoms with E-state index in [0.29, 0.717) is 6.54 Å². The first kappa shape index (κ1) is 37.1. The fourth-order valence-corrected chi connectivity index (χ4v) is 6.46. The lowest BCUT2D eigenvalue weighted by atomic mass is 9.96. The molecule has 0 bridgehead atoms. The number of nitrogens with one attached hydrogen (secondary N) is 2. The van der Waals surface area contributed by atoms with E-state index in [1.165, 1.54) is 49.7 Å². The van der Waals surface area contributed by atoms with Crippen LogP contribution in [0.1, 0.15) is 22.3 Å². The Kier molecular flexibility index (Phi) is 12.1. The summed E-state index contributed by atoms with van der Waals surface area (Å²) >= 11 is 0. The van der Waals surface area contributed by atoms with Crippen LogP contribution in [0.2, 0.25) is 0 Å². The minimum atomic E-state index is 0.558. The lowest BCUT2D eigenvalue weighted by molar-refractivity contribution is 0.666. The Morgan fingerprint density at radius 2 is 1.09 bits per heavy atom. The van der Waals surface area contributed by atoms with Gasteiger partial charge in [-0.1, -0.05) is 151 Å². The molecule has 7 aromatic carbocycles. The van der Waals surface area contributed by atoms with Gasteiger partial charge in [-0.2, -0.15) is 0 Å². The lowest BCUT2D eigenvalue weighted by Gasteiger charge is -2.09. The zero-order valence-electron chi connectivity index (χ0n) is 30.9. The van der Waals surface area contributed by atoms with Gasteiger partial charge < -0.3 is 10.2 Å². The number of hydrogen-bond acceptors (Lipinski definition) is 5. The van der Waals surface area contributed by atoms with E-state index in [-0.39, 0.29) is 0 Å². The van der Waals surface area contributed by atoms with Crippen molar-refractivity contribution < 1.29 is 4.42 Å². The van der Waals surface area contributed by atoms with Crippen molar-refractivity contribution in [2.24, 2.45) is 5.73 Å². The highest BCUT2D eigenvalue weighted by Crippen LogP contribution is 2.31. The molecule has 9 rings (SSSR count).